The molecule has 2 aromatic heterocycles. The summed E-state index contributed by atoms with van der Waals surface area (Å²) < 4.78 is 4.23. The maximum Gasteiger partial charge on any atom is 0.332 e. The van der Waals surface area contributed by atoms with Crippen molar-refractivity contribution in [2.75, 3.05) is 24.4 Å². The Kier molecular flexibility index (Phi) is 5.34. The molecule has 0 bridgehead atoms. The molecule has 0 amide bonds. The van der Waals surface area contributed by atoms with E-state index in [0.29, 0.717) is 23.7 Å². The van der Waals surface area contributed by atoms with E-state index in [0.717, 1.165) is 22.2 Å². The SMILES string of the molecule is CCCn1c(NN=Cc2ccc(N(C)C)cc2)nc2c1c(=O)n(C)c(=O)n2C. The van der Waals surface area contributed by atoms with Crippen LogP contribution in [0.25, 0.3) is 11.2 Å². The van der Waals surface area contributed by atoms with Gasteiger partial charge < -0.3 is 9.47 Å². The third kappa shape index (κ3) is 3.42. The van der Waals surface area contributed by atoms with Crippen molar-refractivity contribution in [2.24, 2.45) is 19.2 Å². The van der Waals surface area contributed by atoms with E-state index in [2.05, 4.69) is 15.5 Å². The first-order valence-corrected chi connectivity index (χ1v) is 9.07. The molecule has 3 rings (SSSR count). The van der Waals surface area contributed by atoms with Crippen molar-refractivity contribution in [3.05, 3.63) is 50.7 Å². The monoisotopic (exact) mass is 383 g/mol. The molecule has 28 heavy (non-hydrogen) atoms. The number of rotatable bonds is 6. The lowest BCUT2D eigenvalue weighted by molar-refractivity contribution is 0.679. The number of hydrogen-bond donors (Lipinski definition) is 1. The summed E-state index contributed by atoms with van der Waals surface area (Å²) in [7, 11) is 7.05. The minimum absolute atomic E-state index is 0.342. The Morgan fingerprint density at radius 1 is 1.14 bits per heavy atom. The molecule has 0 spiro atoms. The second-order valence-corrected chi connectivity index (χ2v) is 6.82. The van der Waals surface area contributed by atoms with Crippen LogP contribution in [0.2, 0.25) is 0 Å². The van der Waals surface area contributed by atoms with Crippen LogP contribution in [0, 0.1) is 0 Å². The standard InChI is InChI=1S/C19H25N7O2/c1-6-11-26-15-16(24(4)19(28)25(5)17(15)27)21-18(26)22-20-12-13-7-9-14(10-8-13)23(2)3/h7-10,12H,6,11H2,1-5H3,(H,21,22). The topological polar surface area (TPSA) is 89.5 Å². The van der Waals surface area contributed by atoms with Gasteiger partial charge in [-0.2, -0.15) is 10.1 Å². The van der Waals surface area contributed by atoms with E-state index in [4.69, 9.17) is 0 Å². The molecule has 0 radical (unpaired) electrons. The van der Waals surface area contributed by atoms with Gasteiger partial charge in [0, 0.05) is 40.4 Å². The molecule has 9 heteroatoms. The number of hydrogen-bond acceptors (Lipinski definition) is 6. The highest BCUT2D eigenvalue weighted by Gasteiger charge is 2.18. The average molecular weight is 383 g/mol. The molecule has 0 saturated carbocycles. The lowest BCUT2D eigenvalue weighted by atomic mass is 10.2. The Morgan fingerprint density at radius 2 is 1.82 bits per heavy atom. The van der Waals surface area contributed by atoms with Gasteiger partial charge in [0.2, 0.25) is 5.95 Å². The molecule has 0 atom stereocenters. The fourth-order valence-electron chi connectivity index (χ4n) is 3.00. The van der Waals surface area contributed by atoms with E-state index >= 15 is 0 Å². The fraction of sp³-hybridized carbons (Fsp3) is 0.368. The first kappa shape index (κ1) is 19.4. The normalized spacial score (nSPS) is 11.5. The Hall–Kier alpha value is -3.36. The van der Waals surface area contributed by atoms with Gasteiger partial charge in [-0.05, 0) is 24.1 Å². The minimum Gasteiger partial charge on any atom is -0.378 e. The number of imidazole rings is 1. The van der Waals surface area contributed by atoms with Crippen molar-refractivity contribution >= 4 is 29.0 Å². The lowest BCUT2D eigenvalue weighted by Gasteiger charge is -2.11. The van der Waals surface area contributed by atoms with Crippen molar-refractivity contribution in [1.82, 2.24) is 18.7 Å². The van der Waals surface area contributed by atoms with Gasteiger partial charge >= 0.3 is 5.69 Å². The lowest BCUT2D eigenvalue weighted by Crippen LogP contribution is -2.37. The number of aromatic nitrogens is 4. The van der Waals surface area contributed by atoms with Crippen molar-refractivity contribution in [1.29, 1.82) is 0 Å². The molecule has 3 aromatic rings. The molecule has 0 aliphatic heterocycles. The summed E-state index contributed by atoms with van der Waals surface area (Å²) in [6.45, 7) is 2.59. The number of nitrogens with one attached hydrogen (secondary N) is 1. The molecule has 9 nitrogen and oxygen atoms in total. The van der Waals surface area contributed by atoms with Crippen molar-refractivity contribution in [2.45, 2.75) is 19.9 Å². The summed E-state index contributed by atoms with van der Waals surface area (Å²) in [6.07, 6.45) is 2.49. The van der Waals surface area contributed by atoms with Gasteiger partial charge in [0.25, 0.3) is 5.56 Å². The van der Waals surface area contributed by atoms with Crippen LogP contribution < -0.4 is 21.6 Å². The zero-order valence-corrected chi connectivity index (χ0v) is 16.8. The predicted octanol–water partition coefficient (Wildman–Crippen LogP) is 1.36. The maximum absolute atomic E-state index is 12.6. The van der Waals surface area contributed by atoms with Gasteiger partial charge in [0.05, 0.1) is 6.21 Å². The maximum atomic E-state index is 12.6. The van der Waals surface area contributed by atoms with Gasteiger partial charge in [0.15, 0.2) is 11.2 Å². The number of benzene rings is 1. The van der Waals surface area contributed by atoms with Crippen LogP contribution in [0.4, 0.5) is 11.6 Å². The molecule has 148 valence electrons. The smallest absolute Gasteiger partial charge is 0.332 e. The zero-order valence-electron chi connectivity index (χ0n) is 16.8. The summed E-state index contributed by atoms with van der Waals surface area (Å²) in [5, 5.41) is 4.26. The van der Waals surface area contributed by atoms with E-state index in [1.165, 1.54) is 11.6 Å². The second kappa shape index (κ2) is 7.71. The zero-order chi connectivity index (χ0) is 20.4. The third-order valence-corrected chi connectivity index (χ3v) is 4.58. The van der Waals surface area contributed by atoms with Crippen molar-refractivity contribution in [3.63, 3.8) is 0 Å². The minimum atomic E-state index is -0.408. The quantitative estimate of drug-likeness (QED) is 0.513. The van der Waals surface area contributed by atoms with E-state index in [9.17, 15) is 9.59 Å². The van der Waals surface area contributed by atoms with Gasteiger partial charge in [0.1, 0.15) is 0 Å². The molecule has 0 saturated heterocycles. The Bertz CT molecular complexity index is 1130. The van der Waals surface area contributed by atoms with Crippen LogP contribution in [0.1, 0.15) is 18.9 Å². The average Bonchev–Trinajstić information content (AvgIpc) is 3.04. The van der Waals surface area contributed by atoms with Crippen LogP contribution in [0.5, 0.6) is 0 Å². The van der Waals surface area contributed by atoms with Crippen LogP contribution in [-0.4, -0.2) is 39.0 Å². The number of anilines is 2. The van der Waals surface area contributed by atoms with Crippen LogP contribution in [-0.2, 0) is 20.6 Å². The van der Waals surface area contributed by atoms with Crippen LogP contribution in [0.3, 0.4) is 0 Å². The number of nitrogens with zero attached hydrogens (tertiary/aromatic N) is 6. The summed E-state index contributed by atoms with van der Waals surface area (Å²) in [4.78, 5) is 31.3. The van der Waals surface area contributed by atoms with Crippen LogP contribution in [0.15, 0.2) is 39.0 Å². The summed E-state index contributed by atoms with van der Waals surface area (Å²) >= 11 is 0. The Labute approximate surface area is 162 Å². The molecule has 0 fully saturated rings. The van der Waals surface area contributed by atoms with E-state index < -0.39 is 5.69 Å². The largest absolute Gasteiger partial charge is 0.378 e. The Balaban J connectivity index is 1.97. The summed E-state index contributed by atoms with van der Waals surface area (Å²) in [5.74, 6) is 0.427. The third-order valence-electron chi connectivity index (χ3n) is 4.58. The number of hydrazone groups is 1. The molecule has 1 aromatic carbocycles. The Morgan fingerprint density at radius 3 is 2.43 bits per heavy atom. The summed E-state index contributed by atoms with van der Waals surface area (Å²) in [5.41, 5.74) is 4.91. The first-order chi connectivity index (χ1) is 13.3. The summed E-state index contributed by atoms with van der Waals surface area (Å²) in [6, 6.07) is 7.95. The van der Waals surface area contributed by atoms with Crippen molar-refractivity contribution < 1.29 is 0 Å². The molecule has 0 unspecified atom stereocenters. The van der Waals surface area contributed by atoms with E-state index in [-0.39, 0.29) is 5.56 Å². The highest BCUT2D eigenvalue weighted by Crippen LogP contribution is 2.16. The van der Waals surface area contributed by atoms with Gasteiger partial charge in [-0.1, -0.05) is 19.1 Å². The van der Waals surface area contributed by atoms with Gasteiger partial charge in [-0.15, -0.1) is 0 Å². The molecular formula is C19H25N7O2. The molecular weight excluding hydrogens is 358 g/mol. The van der Waals surface area contributed by atoms with E-state index in [1.54, 1.807) is 17.8 Å². The highest BCUT2D eigenvalue weighted by atomic mass is 16.2. The van der Waals surface area contributed by atoms with Gasteiger partial charge in [-0.25, -0.2) is 10.2 Å². The molecule has 2 heterocycles. The second-order valence-electron chi connectivity index (χ2n) is 6.82. The molecule has 0 aliphatic carbocycles. The highest BCUT2D eigenvalue weighted by molar-refractivity contribution is 5.81. The fourth-order valence-corrected chi connectivity index (χ4v) is 3.00. The van der Waals surface area contributed by atoms with Crippen molar-refractivity contribution in [3.8, 4) is 0 Å². The van der Waals surface area contributed by atoms with Gasteiger partial charge in [-0.3, -0.25) is 13.9 Å². The number of fused-ring (bicyclic) bond motifs is 1. The number of aryl methyl sites for hydroxylation is 2. The first-order valence-electron chi connectivity index (χ1n) is 9.07. The molecule has 1 N–H and O–H groups in total. The molecule has 0 aliphatic rings. The van der Waals surface area contributed by atoms with E-state index in [1.807, 2.05) is 50.2 Å². The van der Waals surface area contributed by atoms with Crippen LogP contribution >= 0.6 is 0 Å². The predicted molar refractivity (Wildman–Crippen MR) is 112 cm³/mol.